The van der Waals surface area contributed by atoms with Gasteiger partial charge in [-0.1, -0.05) is 19.1 Å². The van der Waals surface area contributed by atoms with E-state index >= 15 is 0 Å². The highest BCUT2D eigenvalue weighted by atomic mass is 19.1. The van der Waals surface area contributed by atoms with Gasteiger partial charge < -0.3 is 20.7 Å². The lowest BCUT2D eigenvalue weighted by molar-refractivity contribution is -0.138. The van der Waals surface area contributed by atoms with Crippen LogP contribution in [0.15, 0.2) is 24.4 Å². The molecule has 2 aromatic heterocycles. The van der Waals surface area contributed by atoms with E-state index in [1.807, 2.05) is 9.58 Å². The number of benzene rings is 1. The monoisotopic (exact) mass is 562 g/mol. The number of alkyl halides is 1. The first-order chi connectivity index (χ1) is 19.7. The minimum atomic E-state index is -0.612. The number of aromatic nitrogens is 4. The maximum Gasteiger partial charge on any atom is 0.228 e. The number of hydrogen-bond donors (Lipinski definition) is 2. The Kier molecular flexibility index (Phi) is 6.33. The second-order valence-corrected chi connectivity index (χ2v) is 12.9. The van der Waals surface area contributed by atoms with Gasteiger partial charge >= 0.3 is 0 Å². The molecule has 0 radical (unpaired) electrons. The minimum absolute atomic E-state index is 0.0290. The summed E-state index contributed by atoms with van der Waals surface area (Å²) in [4.78, 5) is 26.0. The van der Waals surface area contributed by atoms with Crippen LogP contribution in [0.25, 0.3) is 11.0 Å². The van der Waals surface area contributed by atoms with Gasteiger partial charge in [0, 0.05) is 55.7 Å². The van der Waals surface area contributed by atoms with Crippen LogP contribution in [0, 0.1) is 16.7 Å². The highest BCUT2D eigenvalue weighted by molar-refractivity contribution is 5.86. The Balaban J connectivity index is 1.02. The third kappa shape index (κ3) is 4.98. The van der Waals surface area contributed by atoms with Gasteiger partial charge in [0.2, 0.25) is 11.9 Å². The van der Waals surface area contributed by atoms with Gasteiger partial charge in [-0.3, -0.25) is 14.4 Å². The van der Waals surface area contributed by atoms with Crippen molar-refractivity contribution in [2.24, 2.45) is 16.7 Å². The zero-order valence-corrected chi connectivity index (χ0v) is 23.9. The predicted molar refractivity (Wildman–Crippen MR) is 154 cm³/mol. The quantitative estimate of drug-likeness (QED) is 0.408. The first kappa shape index (κ1) is 26.4. The van der Waals surface area contributed by atoms with Crippen molar-refractivity contribution >= 4 is 28.7 Å². The number of ether oxygens (including phenoxy) is 1. The van der Waals surface area contributed by atoms with Gasteiger partial charge in [0.15, 0.2) is 5.82 Å². The molecule has 1 atom stereocenters. The number of nitrogens with one attached hydrogen (secondary N) is 1. The van der Waals surface area contributed by atoms with Crippen molar-refractivity contribution in [2.75, 3.05) is 50.9 Å². The van der Waals surface area contributed by atoms with Gasteiger partial charge in [-0.05, 0) is 49.7 Å². The summed E-state index contributed by atoms with van der Waals surface area (Å²) < 4.78 is 21.3. The van der Waals surface area contributed by atoms with Crippen molar-refractivity contribution in [3.05, 3.63) is 35.5 Å². The lowest BCUT2D eigenvalue weighted by atomic mass is 9.71. The number of methoxy groups -OCH3 is 1. The molecule has 41 heavy (non-hydrogen) atoms. The molecule has 3 N–H and O–H groups in total. The van der Waals surface area contributed by atoms with E-state index in [9.17, 15) is 9.18 Å². The van der Waals surface area contributed by atoms with Gasteiger partial charge in [-0.15, -0.1) is 0 Å². The van der Waals surface area contributed by atoms with Crippen LogP contribution in [0.3, 0.4) is 0 Å². The molecule has 7 rings (SSSR count). The molecule has 3 aliphatic carbocycles. The van der Waals surface area contributed by atoms with Crippen LogP contribution >= 0.6 is 0 Å². The molecule has 1 aromatic carbocycles. The van der Waals surface area contributed by atoms with Crippen molar-refractivity contribution in [1.82, 2.24) is 29.5 Å². The summed E-state index contributed by atoms with van der Waals surface area (Å²) in [6.07, 6.45) is 5.73. The van der Waals surface area contributed by atoms with Crippen molar-refractivity contribution < 1.29 is 13.9 Å². The van der Waals surface area contributed by atoms with Crippen molar-refractivity contribution in [1.29, 1.82) is 0 Å². The number of amides is 1. The average molecular weight is 563 g/mol. The number of fused-ring (bicyclic) bond motifs is 1. The molecule has 3 aromatic rings. The van der Waals surface area contributed by atoms with E-state index in [0.29, 0.717) is 29.7 Å². The van der Waals surface area contributed by atoms with Gasteiger partial charge in [-0.25, -0.2) is 9.37 Å². The van der Waals surface area contributed by atoms with Crippen LogP contribution in [0.2, 0.25) is 0 Å². The van der Waals surface area contributed by atoms with Gasteiger partial charge in [-0.2, -0.15) is 10.1 Å². The van der Waals surface area contributed by atoms with Crippen LogP contribution < -0.4 is 15.8 Å². The number of nitrogens with zero attached hydrogens (tertiary/aromatic N) is 6. The van der Waals surface area contributed by atoms with E-state index in [0.717, 1.165) is 88.2 Å². The van der Waals surface area contributed by atoms with E-state index in [1.165, 1.54) is 5.56 Å². The Labute approximate surface area is 239 Å². The Bertz CT molecular complexity index is 1470. The van der Waals surface area contributed by atoms with Crippen molar-refractivity contribution in [3.8, 4) is 5.75 Å². The zero-order chi connectivity index (χ0) is 28.4. The normalized spacial score (nSPS) is 26.7. The number of rotatable bonds is 9. The molecular formula is C30H39FN8O2. The minimum Gasteiger partial charge on any atom is -0.496 e. The molecule has 11 heteroatoms. The van der Waals surface area contributed by atoms with Crippen molar-refractivity contribution in [3.63, 3.8) is 0 Å². The third-order valence-corrected chi connectivity index (χ3v) is 9.80. The Morgan fingerprint density at radius 3 is 2.59 bits per heavy atom. The maximum absolute atomic E-state index is 13.6. The van der Waals surface area contributed by atoms with Gasteiger partial charge in [0.1, 0.15) is 23.0 Å². The maximum atomic E-state index is 13.6. The molecule has 4 aliphatic rings. The molecule has 1 aliphatic heterocycles. The molecule has 10 nitrogen and oxygen atoms in total. The largest absolute Gasteiger partial charge is 0.496 e. The summed E-state index contributed by atoms with van der Waals surface area (Å²) in [5, 5.41) is 8.06. The fourth-order valence-electron chi connectivity index (χ4n) is 6.79. The van der Waals surface area contributed by atoms with Crippen LogP contribution in [-0.2, 0) is 17.9 Å². The topological polar surface area (TPSA) is 114 Å². The fraction of sp³-hybridized carbons (Fsp3) is 0.600. The summed E-state index contributed by atoms with van der Waals surface area (Å²) in [6.45, 7) is 7.44. The molecule has 4 fully saturated rings. The summed E-state index contributed by atoms with van der Waals surface area (Å²) in [5.74, 6) is 2.42. The molecule has 1 unspecified atom stereocenters. The van der Waals surface area contributed by atoms with Crippen LogP contribution in [0.4, 0.5) is 16.2 Å². The SMILES string of the molecule is COc1cc(CN2CCN(C(=O)C3(C)CC3)CC2)ccc1Cn1ncc2nc(N)nc(NCC3CC4(C3)CC4F)c21. The van der Waals surface area contributed by atoms with Crippen molar-refractivity contribution in [2.45, 2.75) is 58.3 Å². The molecule has 218 valence electrons. The highest BCUT2D eigenvalue weighted by Crippen LogP contribution is 2.64. The molecular weight excluding hydrogens is 523 g/mol. The number of carbonyl (C=O) groups is 1. The highest BCUT2D eigenvalue weighted by Gasteiger charge is 2.62. The number of nitrogen functional groups attached to an aromatic ring is 1. The van der Waals surface area contributed by atoms with Gasteiger partial charge in [0.25, 0.3) is 0 Å². The average Bonchev–Trinajstić information content (AvgIpc) is 3.82. The molecule has 1 saturated heterocycles. The summed E-state index contributed by atoms with van der Waals surface area (Å²) in [5.41, 5.74) is 9.52. The van der Waals surface area contributed by atoms with Gasteiger partial charge in [0.05, 0.1) is 19.9 Å². The molecule has 3 heterocycles. The number of hydrogen-bond acceptors (Lipinski definition) is 8. The van der Waals surface area contributed by atoms with Crippen LogP contribution in [0.5, 0.6) is 5.75 Å². The van der Waals surface area contributed by atoms with E-state index in [2.05, 4.69) is 50.4 Å². The number of nitrogens with two attached hydrogens (primary N) is 1. The van der Waals surface area contributed by atoms with E-state index < -0.39 is 6.17 Å². The number of anilines is 2. The lowest BCUT2D eigenvalue weighted by Crippen LogP contribution is -2.50. The lowest BCUT2D eigenvalue weighted by Gasteiger charge is -2.36. The molecule has 3 saturated carbocycles. The standard InChI is InChI=1S/C30H39FN8O2/c1-29(5-6-29)27(40)38-9-7-37(8-10-38)17-19-3-4-21(23(11-19)41-2)18-39-25-22(16-34-39)35-28(32)36-26(25)33-15-20-12-30(13-20)14-24(30)31/h3-4,11,16,20,24H,5-10,12-15,17-18H2,1-2H3,(H3,32,33,35,36). The second kappa shape index (κ2) is 9.82. The summed E-state index contributed by atoms with van der Waals surface area (Å²) in [7, 11) is 1.69. The zero-order valence-electron chi connectivity index (χ0n) is 23.9. The number of carbonyl (C=O) groups excluding carboxylic acids is 1. The molecule has 1 amide bonds. The fourth-order valence-corrected chi connectivity index (χ4v) is 6.79. The Morgan fingerprint density at radius 2 is 1.90 bits per heavy atom. The number of piperazine rings is 1. The van der Waals surface area contributed by atoms with E-state index in [-0.39, 0.29) is 16.8 Å². The van der Waals surface area contributed by atoms with E-state index in [4.69, 9.17) is 10.5 Å². The summed E-state index contributed by atoms with van der Waals surface area (Å²) >= 11 is 0. The number of halogens is 1. The Morgan fingerprint density at radius 1 is 1.15 bits per heavy atom. The second-order valence-electron chi connectivity index (χ2n) is 12.9. The first-order valence-electron chi connectivity index (χ1n) is 14.8. The summed E-state index contributed by atoms with van der Waals surface area (Å²) in [6, 6.07) is 6.33. The molecule has 0 bridgehead atoms. The van der Waals surface area contributed by atoms with Crippen LogP contribution in [0.1, 0.15) is 50.2 Å². The predicted octanol–water partition coefficient (Wildman–Crippen LogP) is 3.46. The smallest absolute Gasteiger partial charge is 0.228 e. The molecule has 1 spiro atoms. The van der Waals surface area contributed by atoms with E-state index in [1.54, 1.807) is 13.3 Å². The van der Waals surface area contributed by atoms with Crippen LogP contribution in [-0.4, -0.2) is 81.5 Å². The Hall–Kier alpha value is -3.47. The third-order valence-electron chi connectivity index (χ3n) is 9.80. The first-order valence-corrected chi connectivity index (χ1v) is 14.8.